The van der Waals surface area contributed by atoms with E-state index in [1.165, 1.54) is 4.90 Å². The molecule has 0 saturated carbocycles. The summed E-state index contributed by atoms with van der Waals surface area (Å²) in [6.07, 6.45) is 0.820. The van der Waals surface area contributed by atoms with Crippen molar-refractivity contribution in [3.63, 3.8) is 0 Å². The molecule has 2 aliphatic heterocycles. The normalized spacial score (nSPS) is 17.7. The standard InChI is InChI=1S/C30H26Cl2N4O3/c1-5-17-9-12-24(39-4)21(13-17)27-34-25-26(35(27)16(2)3)30(22-11-10-19(32)15-23(22)33-29(30)38)36(28(25)37)20-8-6-7-18(31)14-20/h6-16H,5H2,1-4H3,(H,33,38)/t30-/m0/s1. The molecule has 39 heavy (non-hydrogen) atoms. The zero-order valence-electron chi connectivity index (χ0n) is 21.9. The summed E-state index contributed by atoms with van der Waals surface area (Å²) < 4.78 is 7.70. The average molecular weight is 561 g/mol. The molecule has 0 aliphatic carbocycles. The molecule has 6 rings (SSSR count). The third-order valence-corrected chi connectivity index (χ3v) is 7.91. The quantitative estimate of drug-likeness (QED) is 0.289. The summed E-state index contributed by atoms with van der Waals surface area (Å²) >= 11 is 12.7. The van der Waals surface area contributed by atoms with Gasteiger partial charge in [0.15, 0.2) is 11.2 Å². The van der Waals surface area contributed by atoms with Crippen molar-refractivity contribution < 1.29 is 14.3 Å². The lowest BCUT2D eigenvalue weighted by Crippen LogP contribution is -2.51. The molecule has 0 radical (unpaired) electrons. The second-order valence-corrected chi connectivity index (χ2v) is 10.8. The van der Waals surface area contributed by atoms with Gasteiger partial charge in [-0.2, -0.15) is 0 Å². The Bertz CT molecular complexity index is 1680. The molecule has 1 atom stereocenters. The van der Waals surface area contributed by atoms with Gasteiger partial charge < -0.3 is 14.6 Å². The number of nitrogens with one attached hydrogen (secondary N) is 1. The molecule has 2 amide bonds. The van der Waals surface area contributed by atoms with Crippen LogP contribution in [-0.4, -0.2) is 28.5 Å². The first kappa shape index (κ1) is 25.5. The van der Waals surface area contributed by atoms with Gasteiger partial charge in [0, 0.05) is 33.0 Å². The number of carbonyl (C=O) groups is 2. The Labute approximate surface area is 236 Å². The van der Waals surface area contributed by atoms with Gasteiger partial charge in [0.25, 0.3) is 11.8 Å². The van der Waals surface area contributed by atoms with Gasteiger partial charge in [-0.15, -0.1) is 0 Å². The van der Waals surface area contributed by atoms with E-state index in [2.05, 4.69) is 12.2 Å². The first-order chi connectivity index (χ1) is 18.7. The van der Waals surface area contributed by atoms with Crippen LogP contribution in [0.25, 0.3) is 11.4 Å². The number of imidazole rings is 1. The van der Waals surface area contributed by atoms with Crippen LogP contribution in [0.3, 0.4) is 0 Å². The molecule has 0 bridgehead atoms. The highest BCUT2D eigenvalue weighted by molar-refractivity contribution is 6.32. The Hall–Kier alpha value is -3.81. The van der Waals surface area contributed by atoms with E-state index < -0.39 is 11.4 Å². The lowest BCUT2D eigenvalue weighted by molar-refractivity contribution is -0.119. The lowest BCUT2D eigenvalue weighted by atomic mass is 9.87. The molecule has 2 aliphatic rings. The van der Waals surface area contributed by atoms with E-state index in [-0.39, 0.29) is 17.6 Å². The molecule has 1 aromatic heterocycles. The van der Waals surface area contributed by atoms with Gasteiger partial charge in [-0.25, -0.2) is 4.98 Å². The van der Waals surface area contributed by atoms with Crippen LogP contribution in [0.5, 0.6) is 5.75 Å². The van der Waals surface area contributed by atoms with E-state index in [9.17, 15) is 9.59 Å². The Morgan fingerprint density at radius 3 is 2.49 bits per heavy atom. The minimum absolute atomic E-state index is 0.153. The maximum absolute atomic E-state index is 14.4. The van der Waals surface area contributed by atoms with Crippen LogP contribution in [0, 0.1) is 0 Å². The summed E-state index contributed by atoms with van der Waals surface area (Å²) in [5.74, 6) is 0.441. The summed E-state index contributed by atoms with van der Waals surface area (Å²) in [7, 11) is 1.61. The number of rotatable bonds is 5. The smallest absolute Gasteiger partial charge is 0.280 e. The Balaban J connectivity index is 1.73. The zero-order chi connectivity index (χ0) is 27.6. The Morgan fingerprint density at radius 1 is 1.03 bits per heavy atom. The third kappa shape index (κ3) is 3.53. The monoisotopic (exact) mass is 560 g/mol. The van der Waals surface area contributed by atoms with Crippen molar-refractivity contribution in [1.82, 2.24) is 9.55 Å². The number of ether oxygens (including phenoxy) is 1. The maximum atomic E-state index is 14.4. The minimum Gasteiger partial charge on any atom is -0.496 e. The predicted molar refractivity (Wildman–Crippen MR) is 153 cm³/mol. The number of aromatic nitrogens is 2. The molecule has 1 N–H and O–H groups in total. The van der Waals surface area contributed by atoms with Gasteiger partial charge in [0.2, 0.25) is 0 Å². The SMILES string of the molecule is CCc1ccc(OC)c(-c2nc3c(n2C(C)C)[C@@]2(C(=O)Nc4cc(Cl)ccc42)N(c2cccc(Cl)c2)C3=O)c1. The second kappa shape index (κ2) is 9.14. The number of carbonyl (C=O) groups excluding carboxylic acids is 2. The fourth-order valence-electron chi connectivity index (χ4n) is 5.79. The molecule has 0 saturated heterocycles. The summed E-state index contributed by atoms with van der Waals surface area (Å²) in [5.41, 5.74) is 2.69. The number of hydrogen-bond acceptors (Lipinski definition) is 4. The number of nitrogens with zero attached hydrogens (tertiary/aromatic N) is 3. The van der Waals surface area contributed by atoms with Gasteiger partial charge >= 0.3 is 0 Å². The fourth-order valence-corrected chi connectivity index (χ4v) is 6.14. The van der Waals surface area contributed by atoms with E-state index in [4.69, 9.17) is 32.9 Å². The van der Waals surface area contributed by atoms with Gasteiger partial charge in [0.05, 0.1) is 18.4 Å². The summed E-state index contributed by atoms with van der Waals surface area (Å²) in [5, 5.41) is 3.91. The summed E-state index contributed by atoms with van der Waals surface area (Å²) in [4.78, 5) is 35.0. The fraction of sp³-hybridized carbons (Fsp3) is 0.233. The zero-order valence-corrected chi connectivity index (χ0v) is 23.4. The van der Waals surface area contributed by atoms with Crippen molar-refractivity contribution in [2.45, 2.75) is 38.8 Å². The third-order valence-electron chi connectivity index (χ3n) is 7.44. The van der Waals surface area contributed by atoms with Crippen molar-refractivity contribution in [3.8, 4) is 17.1 Å². The van der Waals surface area contributed by atoms with Crippen LogP contribution in [0.4, 0.5) is 11.4 Å². The number of hydrogen-bond donors (Lipinski definition) is 1. The van der Waals surface area contributed by atoms with Crippen molar-refractivity contribution in [2.75, 3.05) is 17.3 Å². The van der Waals surface area contributed by atoms with Crippen molar-refractivity contribution >= 4 is 46.4 Å². The molecule has 1 spiro atoms. The van der Waals surface area contributed by atoms with Gasteiger partial charge in [-0.1, -0.05) is 48.3 Å². The highest BCUT2D eigenvalue weighted by Gasteiger charge is 2.64. The van der Waals surface area contributed by atoms with Crippen LogP contribution >= 0.6 is 23.2 Å². The number of halogens is 2. The van der Waals surface area contributed by atoms with Crippen LogP contribution < -0.4 is 15.0 Å². The highest BCUT2D eigenvalue weighted by atomic mass is 35.5. The van der Waals surface area contributed by atoms with Gasteiger partial charge in [0.1, 0.15) is 11.6 Å². The number of aryl methyl sites for hydroxylation is 1. The highest BCUT2D eigenvalue weighted by Crippen LogP contribution is 2.54. The van der Waals surface area contributed by atoms with E-state index in [1.54, 1.807) is 49.6 Å². The van der Waals surface area contributed by atoms with Crippen LogP contribution in [0.2, 0.25) is 10.0 Å². The second-order valence-electron chi connectivity index (χ2n) is 9.96. The average Bonchev–Trinajstić information content (AvgIpc) is 3.52. The predicted octanol–water partition coefficient (Wildman–Crippen LogP) is 6.86. The molecule has 7 nitrogen and oxygen atoms in total. The van der Waals surface area contributed by atoms with E-state index >= 15 is 0 Å². The van der Waals surface area contributed by atoms with Gasteiger partial charge in [-0.05, 0) is 68.3 Å². The van der Waals surface area contributed by atoms with Gasteiger partial charge in [-0.3, -0.25) is 14.5 Å². The van der Waals surface area contributed by atoms with Crippen molar-refractivity contribution in [2.24, 2.45) is 0 Å². The summed E-state index contributed by atoms with van der Waals surface area (Å²) in [6, 6.07) is 18.0. The van der Waals surface area contributed by atoms with Crippen LogP contribution in [0.1, 0.15) is 54.1 Å². The lowest BCUT2D eigenvalue weighted by Gasteiger charge is -2.35. The number of methoxy groups -OCH3 is 1. The van der Waals surface area contributed by atoms with Crippen LogP contribution in [0.15, 0.2) is 60.7 Å². The Kier molecular flexibility index (Phi) is 5.97. The molecular formula is C30H26Cl2N4O3. The van der Waals surface area contributed by atoms with Crippen molar-refractivity contribution in [1.29, 1.82) is 0 Å². The van der Waals surface area contributed by atoms with E-state index in [1.807, 2.05) is 36.6 Å². The number of benzene rings is 3. The molecule has 0 unspecified atom stereocenters. The molecule has 4 aromatic rings. The largest absolute Gasteiger partial charge is 0.496 e. The first-order valence-electron chi connectivity index (χ1n) is 12.7. The number of amides is 2. The van der Waals surface area contributed by atoms with Crippen molar-refractivity contribution in [3.05, 3.63) is 93.2 Å². The molecular weight excluding hydrogens is 535 g/mol. The van der Waals surface area contributed by atoms with E-state index in [0.29, 0.717) is 44.3 Å². The summed E-state index contributed by atoms with van der Waals surface area (Å²) in [6.45, 7) is 6.10. The molecule has 3 aromatic carbocycles. The molecule has 198 valence electrons. The topological polar surface area (TPSA) is 76.5 Å². The number of anilines is 2. The van der Waals surface area contributed by atoms with E-state index in [0.717, 1.165) is 17.5 Å². The Morgan fingerprint density at radius 2 is 1.79 bits per heavy atom. The molecule has 9 heteroatoms. The van der Waals surface area contributed by atoms with Crippen LogP contribution in [-0.2, 0) is 16.8 Å². The molecule has 3 heterocycles. The first-order valence-corrected chi connectivity index (χ1v) is 13.5. The minimum atomic E-state index is -1.53. The maximum Gasteiger partial charge on any atom is 0.280 e. The molecule has 0 fully saturated rings. The number of fused-ring (bicyclic) bond motifs is 4.